The first-order valence-electron chi connectivity index (χ1n) is 8.00. The summed E-state index contributed by atoms with van der Waals surface area (Å²) in [5, 5.41) is 9.32. The first-order chi connectivity index (χ1) is 10.6. The fourth-order valence-corrected chi connectivity index (χ4v) is 2.56. The number of aliphatic hydroxyl groups is 1. The van der Waals surface area contributed by atoms with Crippen molar-refractivity contribution >= 4 is 0 Å². The van der Waals surface area contributed by atoms with E-state index in [1.165, 1.54) is 6.07 Å². The molecule has 0 fully saturated rings. The topological polar surface area (TPSA) is 64.7 Å². The third kappa shape index (κ3) is 4.85. The van der Waals surface area contributed by atoms with Gasteiger partial charge in [0.25, 0.3) is 0 Å². The smallest absolute Gasteiger partial charge is 0.164 e. The highest BCUT2D eigenvalue weighted by molar-refractivity contribution is 5.45. The van der Waals surface area contributed by atoms with Crippen LogP contribution < -0.4 is 15.2 Å². The molecule has 2 unspecified atom stereocenters. The van der Waals surface area contributed by atoms with Crippen molar-refractivity contribution in [3.63, 3.8) is 0 Å². The highest BCUT2D eigenvalue weighted by atomic mass is 19.1. The maximum Gasteiger partial charge on any atom is 0.164 e. The number of rotatable bonds is 10. The average molecular weight is 313 g/mol. The summed E-state index contributed by atoms with van der Waals surface area (Å²) in [5.41, 5.74) is 6.24. The van der Waals surface area contributed by atoms with Crippen molar-refractivity contribution < 1.29 is 19.0 Å². The zero-order valence-corrected chi connectivity index (χ0v) is 13.8. The highest BCUT2D eigenvalue weighted by Gasteiger charge is 2.21. The molecular formula is C17H28FNO3. The Morgan fingerprint density at radius 2 is 1.73 bits per heavy atom. The Balaban J connectivity index is 3.12. The number of hydrogen-bond acceptors (Lipinski definition) is 4. The monoisotopic (exact) mass is 313 g/mol. The van der Waals surface area contributed by atoms with E-state index in [0.717, 1.165) is 6.42 Å². The summed E-state index contributed by atoms with van der Waals surface area (Å²) in [7, 11) is 0. The van der Waals surface area contributed by atoms with Crippen molar-refractivity contribution in [1.82, 2.24) is 0 Å². The van der Waals surface area contributed by atoms with Crippen molar-refractivity contribution in [2.24, 2.45) is 11.7 Å². The molecule has 22 heavy (non-hydrogen) atoms. The average Bonchev–Trinajstić information content (AvgIpc) is 2.52. The molecule has 0 aliphatic rings. The van der Waals surface area contributed by atoms with Gasteiger partial charge in [-0.1, -0.05) is 6.92 Å². The predicted molar refractivity (Wildman–Crippen MR) is 86.0 cm³/mol. The van der Waals surface area contributed by atoms with Gasteiger partial charge >= 0.3 is 0 Å². The lowest BCUT2D eigenvalue weighted by atomic mass is 9.86. The van der Waals surface area contributed by atoms with Crippen LogP contribution in [0.1, 0.15) is 45.1 Å². The molecule has 126 valence electrons. The minimum atomic E-state index is -0.299. The number of nitrogens with two attached hydrogens (primary N) is 1. The minimum absolute atomic E-state index is 0.00409. The SMILES string of the molecule is CCOc1cc(F)c(C(CC)CC(CN)CO)cc1OCC. The third-order valence-electron chi connectivity index (χ3n) is 3.80. The molecule has 0 aromatic heterocycles. The highest BCUT2D eigenvalue weighted by Crippen LogP contribution is 2.37. The fourth-order valence-electron chi connectivity index (χ4n) is 2.56. The lowest BCUT2D eigenvalue weighted by molar-refractivity contribution is 0.214. The lowest BCUT2D eigenvalue weighted by Crippen LogP contribution is -2.21. The van der Waals surface area contributed by atoms with Crippen molar-refractivity contribution in [2.45, 2.75) is 39.5 Å². The van der Waals surface area contributed by atoms with E-state index >= 15 is 0 Å². The normalized spacial score (nSPS) is 13.7. The Kier molecular flexibility index (Phi) is 8.20. The molecule has 0 amide bonds. The second-order valence-electron chi connectivity index (χ2n) is 5.31. The van der Waals surface area contributed by atoms with Crippen LogP contribution in [0.15, 0.2) is 12.1 Å². The summed E-state index contributed by atoms with van der Waals surface area (Å²) in [6.45, 7) is 7.09. The van der Waals surface area contributed by atoms with E-state index in [2.05, 4.69) is 0 Å². The van der Waals surface area contributed by atoms with Crippen LogP contribution in [0, 0.1) is 11.7 Å². The van der Waals surface area contributed by atoms with Gasteiger partial charge in [0.2, 0.25) is 0 Å². The zero-order valence-electron chi connectivity index (χ0n) is 13.8. The van der Waals surface area contributed by atoms with Gasteiger partial charge in [0.05, 0.1) is 13.2 Å². The van der Waals surface area contributed by atoms with Gasteiger partial charge in [-0.15, -0.1) is 0 Å². The second kappa shape index (κ2) is 9.64. The number of ether oxygens (including phenoxy) is 2. The maximum atomic E-state index is 14.5. The Morgan fingerprint density at radius 1 is 1.14 bits per heavy atom. The lowest BCUT2D eigenvalue weighted by Gasteiger charge is -2.22. The van der Waals surface area contributed by atoms with E-state index in [4.69, 9.17) is 15.2 Å². The van der Waals surface area contributed by atoms with Gasteiger partial charge in [-0.25, -0.2) is 4.39 Å². The Bertz CT molecular complexity index is 450. The van der Waals surface area contributed by atoms with Crippen LogP contribution in [0.3, 0.4) is 0 Å². The minimum Gasteiger partial charge on any atom is -0.490 e. The van der Waals surface area contributed by atoms with E-state index in [9.17, 15) is 9.50 Å². The molecule has 5 heteroatoms. The van der Waals surface area contributed by atoms with Crippen LogP contribution in [0.5, 0.6) is 11.5 Å². The van der Waals surface area contributed by atoms with Gasteiger partial charge < -0.3 is 20.3 Å². The summed E-state index contributed by atoms with van der Waals surface area (Å²) in [6, 6.07) is 3.12. The molecular weight excluding hydrogens is 285 g/mol. The molecule has 0 saturated carbocycles. The number of hydrogen-bond donors (Lipinski definition) is 2. The van der Waals surface area contributed by atoms with Gasteiger partial charge in [-0.2, -0.15) is 0 Å². The summed E-state index contributed by atoms with van der Waals surface area (Å²) < 4.78 is 25.5. The molecule has 3 N–H and O–H groups in total. The molecule has 1 aromatic carbocycles. The molecule has 1 aromatic rings. The van der Waals surface area contributed by atoms with Gasteiger partial charge in [-0.3, -0.25) is 0 Å². The van der Waals surface area contributed by atoms with Crippen molar-refractivity contribution in [3.8, 4) is 11.5 Å². The zero-order chi connectivity index (χ0) is 16.5. The van der Waals surface area contributed by atoms with Crippen molar-refractivity contribution in [3.05, 3.63) is 23.5 Å². The largest absolute Gasteiger partial charge is 0.490 e. The number of benzene rings is 1. The first-order valence-corrected chi connectivity index (χ1v) is 8.00. The van der Waals surface area contributed by atoms with Crippen LogP contribution in [0.2, 0.25) is 0 Å². The fraction of sp³-hybridized carbons (Fsp3) is 0.647. The summed E-state index contributed by atoms with van der Waals surface area (Å²) >= 11 is 0. The van der Waals surface area contributed by atoms with Gasteiger partial charge in [0.15, 0.2) is 11.5 Å². The van der Waals surface area contributed by atoms with Gasteiger partial charge in [0, 0.05) is 12.7 Å². The molecule has 0 spiro atoms. The summed E-state index contributed by atoms with van der Waals surface area (Å²) in [5.74, 6) is 0.667. The second-order valence-corrected chi connectivity index (χ2v) is 5.31. The number of aliphatic hydroxyl groups excluding tert-OH is 1. The molecule has 0 aliphatic carbocycles. The van der Waals surface area contributed by atoms with E-state index in [0.29, 0.717) is 43.2 Å². The van der Waals surface area contributed by atoms with Crippen molar-refractivity contribution in [2.75, 3.05) is 26.4 Å². The summed E-state index contributed by atoms with van der Waals surface area (Å²) in [4.78, 5) is 0. The Hall–Kier alpha value is -1.33. The third-order valence-corrected chi connectivity index (χ3v) is 3.80. The standard InChI is InChI=1S/C17H28FNO3/c1-4-13(7-12(10-19)11-20)14-8-16(21-5-2)17(22-6-3)9-15(14)18/h8-9,12-13,20H,4-7,10-11,19H2,1-3H3. The van der Waals surface area contributed by atoms with Gasteiger partial charge in [0.1, 0.15) is 5.82 Å². The number of halogens is 1. The molecule has 0 aliphatic heterocycles. The van der Waals surface area contributed by atoms with Crippen LogP contribution >= 0.6 is 0 Å². The Morgan fingerprint density at radius 3 is 2.18 bits per heavy atom. The maximum absolute atomic E-state index is 14.5. The van der Waals surface area contributed by atoms with Crippen LogP contribution in [0.25, 0.3) is 0 Å². The van der Waals surface area contributed by atoms with E-state index in [1.807, 2.05) is 20.8 Å². The van der Waals surface area contributed by atoms with E-state index < -0.39 is 0 Å². The van der Waals surface area contributed by atoms with Crippen LogP contribution in [-0.4, -0.2) is 31.5 Å². The summed E-state index contributed by atoms with van der Waals surface area (Å²) in [6.07, 6.45) is 1.42. The van der Waals surface area contributed by atoms with Crippen LogP contribution in [0.4, 0.5) is 4.39 Å². The molecule has 0 heterocycles. The van der Waals surface area contributed by atoms with Gasteiger partial charge in [-0.05, 0) is 56.7 Å². The van der Waals surface area contributed by atoms with E-state index in [1.54, 1.807) is 6.07 Å². The molecule has 2 atom stereocenters. The quantitative estimate of drug-likeness (QED) is 0.697. The predicted octanol–water partition coefficient (Wildman–Crippen LogP) is 3.07. The van der Waals surface area contributed by atoms with Crippen molar-refractivity contribution in [1.29, 1.82) is 0 Å². The molecule has 1 rings (SSSR count). The first kappa shape index (κ1) is 18.7. The molecule has 4 nitrogen and oxygen atoms in total. The molecule has 0 saturated heterocycles. The molecule has 0 bridgehead atoms. The Labute approximate surface area is 132 Å². The van der Waals surface area contributed by atoms with E-state index in [-0.39, 0.29) is 24.3 Å². The molecule has 0 radical (unpaired) electrons. The van der Waals surface area contributed by atoms with Crippen LogP contribution in [-0.2, 0) is 0 Å².